The summed E-state index contributed by atoms with van der Waals surface area (Å²) in [6.07, 6.45) is 5.39. The van der Waals surface area contributed by atoms with Gasteiger partial charge >= 0.3 is 0 Å². The van der Waals surface area contributed by atoms with E-state index in [0.29, 0.717) is 5.95 Å². The Labute approximate surface area is 153 Å². The van der Waals surface area contributed by atoms with Crippen LogP contribution in [0.25, 0.3) is 0 Å². The van der Waals surface area contributed by atoms with Gasteiger partial charge in [0.1, 0.15) is 5.82 Å². The molecule has 1 aliphatic heterocycles. The zero-order chi connectivity index (χ0) is 17.8. The summed E-state index contributed by atoms with van der Waals surface area (Å²) in [6, 6.07) is 13.9. The van der Waals surface area contributed by atoms with Crippen LogP contribution in [0.3, 0.4) is 0 Å². The van der Waals surface area contributed by atoms with Crippen molar-refractivity contribution in [3.05, 3.63) is 61.1 Å². The number of rotatable bonds is 4. The third kappa shape index (κ3) is 3.42. The number of para-hydroxylation sites is 1. The Balaban J connectivity index is 1.46. The van der Waals surface area contributed by atoms with E-state index in [0.717, 1.165) is 43.6 Å². The van der Waals surface area contributed by atoms with Crippen LogP contribution in [0.4, 0.5) is 23.4 Å². The molecule has 3 heterocycles. The molecule has 0 radical (unpaired) electrons. The van der Waals surface area contributed by atoms with E-state index in [-0.39, 0.29) is 0 Å². The quantitative estimate of drug-likeness (QED) is 0.718. The molecule has 132 valence electrons. The van der Waals surface area contributed by atoms with E-state index in [1.807, 2.05) is 48.5 Å². The highest BCUT2D eigenvalue weighted by atomic mass is 15.3. The van der Waals surface area contributed by atoms with Crippen LogP contribution in [0, 0.1) is 0 Å². The third-order valence-corrected chi connectivity index (χ3v) is 4.51. The van der Waals surface area contributed by atoms with Gasteiger partial charge in [0.05, 0.1) is 0 Å². The molecule has 1 aliphatic rings. The molecule has 2 aromatic heterocycles. The largest absolute Gasteiger partial charge is 0.353 e. The van der Waals surface area contributed by atoms with Crippen molar-refractivity contribution in [1.29, 1.82) is 0 Å². The van der Waals surface area contributed by atoms with Gasteiger partial charge in [-0.05, 0) is 24.3 Å². The molecule has 1 saturated heterocycles. The van der Waals surface area contributed by atoms with E-state index < -0.39 is 0 Å². The summed E-state index contributed by atoms with van der Waals surface area (Å²) in [5, 5.41) is 0. The Bertz CT molecular complexity index is 833. The number of hydrogen-bond acceptors (Lipinski definition) is 7. The van der Waals surface area contributed by atoms with Crippen LogP contribution in [0.5, 0.6) is 0 Å². The molecule has 0 unspecified atom stereocenters. The Kier molecular flexibility index (Phi) is 4.59. The van der Waals surface area contributed by atoms with Crippen LogP contribution in [0.1, 0.15) is 0 Å². The highest BCUT2D eigenvalue weighted by Crippen LogP contribution is 2.22. The summed E-state index contributed by atoms with van der Waals surface area (Å²) in [6.45, 7) is 3.50. The first-order valence-corrected chi connectivity index (χ1v) is 8.70. The van der Waals surface area contributed by atoms with Gasteiger partial charge in [0.25, 0.3) is 0 Å². The fourth-order valence-electron chi connectivity index (χ4n) is 3.03. The lowest BCUT2D eigenvalue weighted by molar-refractivity contribution is 0.634. The zero-order valence-electron chi connectivity index (χ0n) is 14.7. The van der Waals surface area contributed by atoms with Crippen molar-refractivity contribution in [2.75, 3.05) is 47.9 Å². The van der Waals surface area contributed by atoms with Crippen LogP contribution < -0.4 is 14.7 Å². The van der Waals surface area contributed by atoms with Crippen molar-refractivity contribution in [3.8, 4) is 0 Å². The summed E-state index contributed by atoms with van der Waals surface area (Å²) >= 11 is 0. The van der Waals surface area contributed by atoms with Crippen molar-refractivity contribution in [1.82, 2.24) is 19.9 Å². The van der Waals surface area contributed by atoms with Gasteiger partial charge in [-0.25, -0.2) is 15.0 Å². The normalized spacial score (nSPS) is 14.3. The van der Waals surface area contributed by atoms with Crippen molar-refractivity contribution in [2.45, 2.75) is 0 Å². The van der Waals surface area contributed by atoms with Gasteiger partial charge < -0.3 is 14.7 Å². The number of nitrogens with zero attached hydrogens (tertiary/aromatic N) is 7. The molecule has 0 aliphatic carbocycles. The van der Waals surface area contributed by atoms with Crippen LogP contribution in [-0.4, -0.2) is 53.2 Å². The van der Waals surface area contributed by atoms with Gasteiger partial charge in [-0.1, -0.05) is 18.2 Å². The fraction of sp³-hybridized carbons (Fsp3) is 0.263. The van der Waals surface area contributed by atoms with Crippen LogP contribution in [0.15, 0.2) is 61.1 Å². The van der Waals surface area contributed by atoms with Crippen molar-refractivity contribution in [2.24, 2.45) is 0 Å². The lowest BCUT2D eigenvalue weighted by Crippen LogP contribution is -2.47. The smallest absolute Gasteiger partial charge is 0.231 e. The SMILES string of the molecule is CN(c1ccccc1)c1nccc(N2CCN(c3ncccn3)CC2)n1. The first-order chi connectivity index (χ1) is 12.8. The maximum Gasteiger partial charge on any atom is 0.231 e. The standard InChI is InChI=1S/C19H21N7/c1-24(16-6-3-2-4-7-16)19-22-11-8-17(23-19)25-12-14-26(15-13-25)18-20-9-5-10-21-18/h2-11H,12-15H2,1H3. The Morgan fingerprint density at radius 1 is 0.769 bits per heavy atom. The highest BCUT2D eigenvalue weighted by molar-refractivity contribution is 5.57. The summed E-state index contributed by atoms with van der Waals surface area (Å²) < 4.78 is 0. The fourth-order valence-corrected chi connectivity index (χ4v) is 3.03. The molecular formula is C19H21N7. The second-order valence-electron chi connectivity index (χ2n) is 6.13. The Morgan fingerprint density at radius 2 is 1.46 bits per heavy atom. The predicted molar refractivity (Wildman–Crippen MR) is 103 cm³/mol. The molecule has 0 bridgehead atoms. The van der Waals surface area contributed by atoms with Gasteiger partial charge in [0.15, 0.2) is 0 Å². The monoisotopic (exact) mass is 347 g/mol. The molecule has 7 heteroatoms. The summed E-state index contributed by atoms with van der Waals surface area (Å²) in [5.74, 6) is 2.44. The number of piperazine rings is 1. The van der Waals surface area contributed by atoms with Gasteiger partial charge in [-0.3, -0.25) is 0 Å². The summed E-state index contributed by atoms with van der Waals surface area (Å²) in [7, 11) is 1.99. The zero-order valence-corrected chi connectivity index (χ0v) is 14.7. The third-order valence-electron chi connectivity index (χ3n) is 4.51. The van der Waals surface area contributed by atoms with E-state index in [2.05, 4.69) is 36.9 Å². The summed E-state index contributed by atoms with van der Waals surface area (Å²) in [5.41, 5.74) is 1.07. The first kappa shape index (κ1) is 16.3. The second kappa shape index (κ2) is 7.35. The molecule has 1 fully saturated rings. The minimum atomic E-state index is 0.697. The van der Waals surface area contributed by atoms with E-state index >= 15 is 0 Å². The Morgan fingerprint density at radius 3 is 2.19 bits per heavy atom. The second-order valence-corrected chi connectivity index (χ2v) is 6.13. The molecule has 1 aromatic carbocycles. The molecule has 3 aromatic rings. The minimum Gasteiger partial charge on any atom is -0.353 e. The maximum atomic E-state index is 4.76. The van der Waals surface area contributed by atoms with Crippen LogP contribution in [-0.2, 0) is 0 Å². The molecule has 0 atom stereocenters. The van der Waals surface area contributed by atoms with Crippen LogP contribution >= 0.6 is 0 Å². The van der Waals surface area contributed by atoms with Crippen molar-refractivity contribution < 1.29 is 0 Å². The lowest BCUT2D eigenvalue weighted by Gasteiger charge is -2.35. The van der Waals surface area contributed by atoms with E-state index in [4.69, 9.17) is 4.98 Å². The van der Waals surface area contributed by atoms with Crippen molar-refractivity contribution in [3.63, 3.8) is 0 Å². The number of anilines is 4. The van der Waals surface area contributed by atoms with Crippen LogP contribution in [0.2, 0.25) is 0 Å². The van der Waals surface area contributed by atoms with Gasteiger partial charge in [-0.15, -0.1) is 0 Å². The minimum absolute atomic E-state index is 0.697. The average Bonchev–Trinajstić information content (AvgIpc) is 2.75. The number of aromatic nitrogens is 4. The number of benzene rings is 1. The first-order valence-electron chi connectivity index (χ1n) is 8.70. The number of hydrogen-bond donors (Lipinski definition) is 0. The highest BCUT2D eigenvalue weighted by Gasteiger charge is 2.20. The van der Waals surface area contributed by atoms with Gasteiger partial charge in [-0.2, -0.15) is 4.98 Å². The van der Waals surface area contributed by atoms with Gasteiger partial charge in [0.2, 0.25) is 11.9 Å². The molecule has 0 spiro atoms. The van der Waals surface area contributed by atoms with E-state index in [1.54, 1.807) is 12.4 Å². The van der Waals surface area contributed by atoms with E-state index in [9.17, 15) is 0 Å². The average molecular weight is 347 g/mol. The maximum absolute atomic E-state index is 4.76. The van der Waals surface area contributed by atoms with Crippen molar-refractivity contribution >= 4 is 23.4 Å². The molecule has 26 heavy (non-hydrogen) atoms. The predicted octanol–water partition coefficient (Wildman–Crippen LogP) is 2.36. The lowest BCUT2D eigenvalue weighted by atomic mass is 10.3. The molecular weight excluding hydrogens is 326 g/mol. The van der Waals surface area contributed by atoms with Gasteiger partial charge in [0, 0.05) is 57.5 Å². The van der Waals surface area contributed by atoms with E-state index in [1.165, 1.54) is 0 Å². The molecule has 0 N–H and O–H groups in total. The Hall–Kier alpha value is -3.22. The topological polar surface area (TPSA) is 61.3 Å². The summed E-state index contributed by atoms with van der Waals surface area (Å²) in [4.78, 5) is 24.3. The molecule has 4 rings (SSSR count). The molecule has 0 amide bonds. The molecule has 0 saturated carbocycles. The molecule has 7 nitrogen and oxygen atoms in total.